The zero-order chi connectivity index (χ0) is 9.68. The monoisotopic (exact) mass is 186 g/mol. The van der Waals surface area contributed by atoms with Crippen LogP contribution in [0.25, 0.3) is 0 Å². The first-order chi connectivity index (χ1) is 6.24. The molecule has 0 radical (unpaired) electrons. The molecule has 4 heteroatoms. The standard InChI is InChI=1S/C9H18N2O2/c1-13-8-5-3-2-4-7(8)11-6-9(10)12/h7-8,11H,2-6H2,1H3,(H2,10,12)/t7-,8+/m0/s1. The molecular weight excluding hydrogens is 168 g/mol. The normalized spacial score (nSPS) is 28.7. The number of primary amides is 1. The van der Waals surface area contributed by atoms with Crippen LogP contribution in [-0.2, 0) is 9.53 Å². The average molecular weight is 186 g/mol. The Kier molecular flexibility index (Phi) is 4.18. The first-order valence-corrected chi connectivity index (χ1v) is 4.78. The molecular formula is C9H18N2O2. The molecule has 0 unspecified atom stereocenters. The molecule has 0 aromatic rings. The van der Waals surface area contributed by atoms with Crippen molar-refractivity contribution in [3.63, 3.8) is 0 Å². The summed E-state index contributed by atoms with van der Waals surface area (Å²) < 4.78 is 5.32. The van der Waals surface area contributed by atoms with Gasteiger partial charge in [-0.1, -0.05) is 12.8 Å². The van der Waals surface area contributed by atoms with Gasteiger partial charge in [-0.05, 0) is 12.8 Å². The van der Waals surface area contributed by atoms with E-state index in [0.717, 1.165) is 12.8 Å². The van der Waals surface area contributed by atoms with E-state index in [9.17, 15) is 4.79 Å². The summed E-state index contributed by atoms with van der Waals surface area (Å²) in [4.78, 5) is 10.6. The molecule has 4 nitrogen and oxygen atoms in total. The van der Waals surface area contributed by atoms with Gasteiger partial charge in [-0.25, -0.2) is 0 Å². The molecule has 1 aliphatic rings. The number of amides is 1. The highest BCUT2D eigenvalue weighted by molar-refractivity contribution is 5.75. The molecule has 0 aliphatic heterocycles. The molecule has 1 fully saturated rings. The second-order valence-electron chi connectivity index (χ2n) is 3.51. The van der Waals surface area contributed by atoms with Gasteiger partial charge >= 0.3 is 0 Å². The van der Waals surface area contributed by atoms with Crippen LogP contribution in [0.1, 0.15) is 25.7 Å². The van der Waals surface area contributed by atoms with E-state index in [-0.39, 0.29) is 18.6 Å². The van der Waals surface area contributed by atoms with Gasteiger partial charge in [-0.2, -0.15) is 0 Å². The van der Waals surface area contributed by atoms with E-state index in [1.807, 2.05) is 0 Å². The lowest BCUT2D eigenvalue weighted by Gasteiger charge is -2.30. The fraction of sp³-hybridized carbons (Fsp3) is 0.889. The van der Waals surface area contributed by atoms with Crippen LogP contribution in [0.4, 0.5) is 0 Å². The van der Waals surface area contributed by atoms with Crippen molar-refractivity contribution in [2.75, 3.05) is 13.7 Å². The van der Waals surface area contributed by atoms with Crippen molar-refractivity contribution in [3.05, 3.63) is 0 Å². The Morgan fingerprint density at radius 1 is 1.54 bits per heavy atom. The van der Waals surface area contributed by atoms with Crippen molar-refractivity contribution in [3.8, 4) is 0 Å². The molecule has 1 aliphatic carbocycles. The topological polar surface area (TPSA) is 64.3 Å². The number of hydrogen-bond acceptors (Lipinski definition) is 3. The summed E-state index contributed by atoms with van der Waals surface area (Å²) in [5, 5.41) is 3.12. The summed E-state index contributed by atoms with van der Waals surface area (Å²) in [7, 11) is 1.72. The van der Waals surface area contributed by atoms with Gasteiger partial charge in [0.2, 0.25) is 5.91 Å². The highest BCUT2D eigenvalue weighted by atomic mass is 16.5. The summed E-state index contributed by atoms with van der Waals surface area (Å²) in [6.07, 6.45) is 4.82. The lowest BCUT2D eigenvalue weighted by atomic mass is 9.92. The summed E-state index contributed by atoms with van der Waals surface area (Å²) >= 11 is 0. The number of methoxy groups -OCH3 is 1. The Morgan fingerprint density at radius 3 is 2.85 bits per heavy atom. The molecule has 0 aromatic heterocycles. The Morgan fingerprint density at radius 2 is 2.23 bits per heavy atom. The maximum absolute atomic E-state index is 10.6. The van der Waals surface area contributed by atoms with Gasteiger partial charge in [0.25, 0.3) is 0 Å². The zero-order valence-corrected chi connectivity index (χ0v) is 8.08. The number of nitrogens with one attached hydrogen (secondary N) is 1. The van der Waals surface area contributed by atoms with Crippen LogP contribution in [0, 0.1) is 0 Å². The van der Waals surface area contributed by atoms with Crippen molar-refractivity contribution >= 4 is 5.91 Å². The lowest BCUT2D eigenvalue weighted by Crippen LogP contribution is -2.46. The molecule has 2 atom stereocenters. The van der Waals surface area contributed by atoms with E-state index < -0.39 is 0 Å². The van der Waals surface area contributed by atoms with Gasteiger partial charge in [-0.15, -0.1) is 0 Å². The molecule has 0 saturated heterocycles. The molecule has 0 aromatic carbocycles. The number of rotatable bonds is 4. The zero-order valence-electron chi connectivity index (χ0n) is 8.08. The number of ether oxygens (including phenoxy) is 1. The quantitative estimate of drug-likeness (QED) is 0.650. The van der Waals surface area contributed by atoms with E-state index in [1.54, 1.807) is 7.11 Å². The minimum absolute atomic E-state index is 0.244. The third-order valence-corrected chi connectivity index (χ3v) is 2.54. The second-order valence-corrected chi connectivity index (χ2v) is 3.51. The van der Waals surface area contributed by atoms with Crippen LogP contribution >= 0.6 is 0 Å². The van der Waals surface area contributed by atoms with E-state index >= 15 is 0 Å². The van der Waals surface area contributed by atoms with E-state index in [1.165, 1.54) is 12.8 Å². The maximum atomic E-state index is 10.6. The van der Waals surface area contributed by atoms with Gasteiger partial charge in [0.05, 0.1) is 12.6 Å². The van der Waals surface area contributed by atoms with Crippen LogP contribution in [0.3, 0.4) is 0 Å². The van der Waals surface area contributed by atoms with Gasteiger partial charge in [0.15, 0.2) is 0 Å². The van der Waals surface area contributed by atoms with E-state index in [4.69, 9.17) is 10.5 Å². The van der Waals surface area contributed by atoms with Crippen molar-refractivity contribution in [2.24, 2.45) is 5.73 Å². The summed E-state index contributed by atoms with van der Waals surface area (Å²) in [6, 6.07) is 0.297. The van der Waals surface area contributed by atoms with Gasteiger partial charge in [-0.3, -0.25) is 4.79 Å². The lowest BCUT2D eigenvalue weighted by molar-refractivity contribution is -0.117. The highest BCUT2D eigenvalue weighted by Gasteiger charge is 2.24. The number of hydrogen-bond donors (Lipinski definition) is 2. The Labute approximate surface area is 78.8 Å². The minimum Gasteiger partial charge on any atom is -0.380 e. The molecule has 1 saturated carbocycles. The highest BCUT2D eigenvalue weighted by Crippen LogP contribution is 2.20. The minimum atomic E-state index is -0.305. The summed E-state index contributed by atoms with van der Waals surface area (Å²) in [6.45, 7) is 0.254. The molecule has 1 amide bonds. The van der Waals surface area contributed by atoms with E-state index in [0.29, 0.717) is 6.04 Å². The third-order valence-electron chi connectivity index (χ3n) is 2.54. The van der Waals surface area contributed by atoms with Crippen LogP contribution in [-0.4, -0.2) is 31.7 Å². The smallest absolute Gasteiger partial charge is 0.231 e. The molecule has 3 N–H and O–H groups in total. The Bertz CT molecular complexity index is 173. The van der Waals surface area contributed by atoms with Crippen LogP contribution in [0.2, 0.25) is 0 Å². The van der Waals surface area contributed by atoms with Crippen molar-refractivity contribution in [2.45, 2.75) is 37.8 Å². The van der Waals surface area contributed by atoms with Crippen molar-refractivity contribution in [1.29, 1.82) is 0 Å². The van der Waals surface area contributed by atoms with E-state index in [2.05, 4.69) is 5.32 Å². The fourth-order valence-electron chi connectivity index (χ4n) is 1.84. The first kappa shape index (κ1) is 10.5. The number of carbonyl (C=O) groups is 1. The molecule has 1 rings (SSSR count). The molecule has 76 valence electrons. The number of carbonyl (C=O) groups excluding carboxylic acids is 1. The number of nitrogens with two attached hydrogens (primary N) is 1. The van der Waals surface area contributed by atoms with Gasteiger partial charge in [0.1, 0.15) is 0 Å². The predicted molar refractivity (Wildman–Crippen MR) is 50.3 cm³/mol. The van der Waals surface area contributed by atoms with Crippen LogP contribution in [0.15, 0.2) is 0 Å². The predicted octanol–water partition coefficient (Wildman–Crippen LogP) is 0.0189. The van der Waals surface area contributed by atoms with Gasteiger partial charge in [0, 0.05) is 13.2 Å². The first-order valence-electron chi connectivity index (χ1n) is 4.78. The Balaban J connectivity index is 2.31. The largest absolute Gasteiger partial charge is 0.380 e. The Hall–Kier alpha value is -0.610. The average Bonchev–Trinajstić information content (AvgIpc) is 2.15. The van der Waals surface area contributed by atoms with Crippen molar-refractivity contribution < 1.29 is 9.53 Å². The summed E-state index contributed by atoms with van der Waals surface area (Å²) in [5.74, 6) is -0.305. The SMILES string of the molecule is CO[C@@H]1CCCC[C@@H]1NCC(N)=O. The van der Waals surface area contributed by atoms with Crippen LogP contribution < -0.4 is 11.1 Å². The van der Waals surface area contributed by atoms with Gasteiger partial charge < -0.3 is 15.8 Å². The maximum Gasteiger partial charge on any atom is 0.231 e. The van der Waals surface area contributed by atoms with Crippen LogP contribution in [0.5, 0.6) is 0 Å². The molecule has 13 heavy (non-hydrogen) atoms. The third kappa shape index (κ3) is 3.32. The van der Waals surface area contributed by atoms with Crippen molar-refractivity contribution in [1.82, 2.24) is 5.32 Å². The fourth-order valence-corrected chi connectivity index (χ4v) is 1.84. The molecule has 0 heterocycles. The molecule has 0 spiro atoms. The summed E-state index contributed by atoms with van der Waals surface area (Å²) in [5.41, 5.74) is 5.05. The molecule has 0 bridgehead atoms. The second kappa shape index (κ2) is 5.19.